The third-order valence-corrected chi connectivity index (χ3v) is 4.72. The Kier molecular flexibility index (Phi) is 5.58. The molecule has 138 valence electrons. The number of aromatic nitrogens is 5. The van der Waals surface area contributed by atoms with Crippen LogP contribution in [0.5, 0.6) is 0 Å². The van der Waals surface area contributed by atoms with Gasteiger partial charge < -0.3 is 14.4 Å². The lowest BCUT2D eigenvalue weighted by atomic mass is 10.6. The van der Waals surface area contributed by atoms with Gasteiger partial charge in [0.1, 0.15) is 5.82 Å². The summed E-state index contributed by atoms with van der Waals surface area (Å²) in [6.07, 6.45) is 1.52. The molecule has 0 bridgehead atoms. The SMILES string of the molecule is CCn1cc(S(=O)(=O)NCc2nc(N(C)C)nc(N(C)C)n2)nc1C. The fraction of sp³-hybridized carbons (Fsp3) is 0.571. The van der Waals surface area contributed by atoms with Gasteiger partial charge >= 0.3 is 0 Å². The van der Waals surface area contributed by atoms with Gasteiger partial charge in [0.15, 0.2) is 10.9 Å². The summed E-state index contributed by atoms with van der Waals surface area (Å²) in [4.78, 5) is 20.4. The number of imidazole rings is 1. The standard InChI is InChI=1S/C14H24N8O2S/c1-7-22-9-12(16-10(22)2)25(23,24)15-8-11-17-13(20(3)4)19-14(18-11)21(5)6/h9,15H,7-8H2,1-6H3. The van der Waals surface area contributed by atoms with Gasteiger partial charge in [-0.25, -0.2) is 18.1 Å². The zero-order valence-electron chi connectivity index (χ0n) is 15.3. The van der Waals surface area contributed by atoms with E-state index in [1.165, 1.54) is 6.20 Å². The Morgan fingerprint density at radius 1 is 1.04 bits per heavy atom. The average Bonchev–Trinajstić information content (AvgIpc) is 2.94. The highest BCUT2D eigenvalue weighted by Crippen LogP contribution is 2.12. The van der Waals surface area contributed by atoms with E-state index < -0.39 is 10.0 Å². The summed E-state index contributed by atoms with van der Waals surface area (Å²) in [6.45, 7) is 4.29. The highest BCUT2D eigenvalue weighted by atomic mass is 32.2. The Balaban J connectivity index is 2.24. The Bertz CT molecular complexity index is 818. The van der Waals surface area contributed by atoms with Crippen molar-refractivity contribution in [2.45, 2.75) is 32.0 Å². The first-order valence-corrected chi connectivity index (χ1v) is 9.25. The van der Waals surface area contributed by atoms with Crippen LogP contribution in [0.15, 0.2) is 11.2 Å². The van der Waals surface area contributed by atoms with E-state index in [1.54, 1.807) is 21.3 Å². The van der Waals surface area contributed by atoms with Gasteiger partial charge in [0.05, 0.1) is 6.54 Å². The minimum atomic E-state index is -3.75. The van der Waals surface area contributed by atoms with E-state index in [0.717, 1.165) is 0 Å². The molecule has 0 saturated heterocycles. The van der Waals surface area contributed by atoms with E-state index in [4.69, 9.17) is 0 Å². The summed E-state index contributed by atoms with van der Waals surface area (Å²) in [7, 11) is 3.49. The van der Waals surface area contributed by atoms with E-state index in [0.29, 0.717) is 30.1 Å². The number of nitrogens with zero attached hydrogens (tertiary/aromatic N) is 7. The molecule has 0 saturated carbocycles. The molecule has 0 aromatic carbocycles. The van der Waals surface area contributed by atoms with Crippen LogP contribution in [0.4, 0.5) is 11.9 Å². The quantitative estimate of drug-likeness (QED) is 0.728. The monoisotopic (exact) mass is 368 g/mol. The molecule has 11 heteroatoms. The highest BCUT2D eigenvalue weighted by Gasteiger charge is 2.20. The predicted molar refractivity (Wildman–Crippen MR) is 95.1 cm³/mol. The molecule has 0 fully saturated rings. The number of anilines is 2. The van der Waals surface area contributed by atoms with Crippen LogP contribution in [0.1, 0.15) is 18.6 Å². The van der Waals surface area contributed by atoms with Crippen LogP contribution in [-0.2, 0) is 23.1 Å². The van der Waals surface area contributed by atoms with Gasteiger partial charge in [0, 0.05) is 40.9 Å². The minimum absolute atomic E-state index is 0.0124. The summed E-state index contributed by atoms with van der Waals surface area (Å²) in [6, 6.07) is 0. The smallest absolute Gasteiger partial charge is 0.260 e. The fourth-order valence-corrected chi connectivity index (χ4v) is 3.02. The predicted octanol–water partition coefficient (Wildman–Crippen LogP) is 0.00692. The molecule has 0 amide bonds. The van der Waals surface area contributed by atoms with Gasteiger partial charge in [0.25, 0.3) is 10.0 Å². The lowest BCUT2D eigenvalue weighted by molar-refractivity contribution is 0.575. The molecule has 2 aromatic rings. The lowest BCUT2D eigenvalue weighted by Crippen LogP contribution is -2.26. The number of hydrogen-bond donors (Lipinski definition) is 1. The Morgan fingerprint density at radius 2 is 1.60 bits per heavy atom. The minimum Gasteiger partial charge on any atom is -0.347 e. The molecule has 1 N–H and O–H groups in total. The molecule has 0 aliphatic rings. The third kappa shape index (κ3) is 4.42. The lowest BCUT2D eigenvalue weighted by Gasteiger charge is -2.16. The summed E-state index contributed by atoms with van der Waals surface area (Å²) in [5.41, 5.74) is 0. The fourth-order valence-electron chi connectivity index (χ4n) is 2.04. The van der Waals surface area contributed by atoms with Gasteiger partial charge in [-0.2, -0.15) is 15.0 Å². The molecule has 0 spiro atoms. The number of hydrogen-bond acceptors (Lipinski definition) is 8. The van der Waals surface area contributed by atoms with Crippen molar-refractivity contribution in [1.29, 1.82) is 0 Å². The van der Waals surface area contributed by atoms with Crippen LogP contribution >= 0.6 is 0 Å². The van der Waals surface area contributed by atoms with E-state index >= 15 is 0 Å². The first-order valence-electron chi connectivity index (χ1n) is 7.77. The molecular weight excluding hydrogens is 344 g/mol. The molecule has 2 aromatic heterocycles. The van der Waals surface area contributed by atoms with Crippen LogP contribution in [0.3, 0.4) is 0 Å². The topological polar surface area (TPSA) is 109 Å². The van der Waals surface area contributed by atoms with Gasteiger partial charge in [-0.15, -0.1) is 0 Å². The highest BCUT2D eigenvalue weighted by molar-refractivity contribution is 7.89. The number of sulfonamides is 1. The number of nitrogens with one attached hydrogen (secondary N) is 1. The molecule has 2 rings (SSSR count). The van der Waals surface area contributed by atoms with Crippen molar-refractivity contribution >= 4 is 21.9 Å². The van der Waals surface area contributed by atoms with E-state index in [9.17, 15) is 8.42 Å². The van der Waals surface area contributed by atoms with Crippen molar-refractivity contribution in [1.82, 2.24) is 29.2 Å². The van der Waals surface area contributed by atoms with Crippen molar-refractivity contribution in [2.75, 3.05) is 38.0 Å². The zero-order chi connectivity index (χ0) is 18.8. The van der Waals surface area contributed by atoms with Crippen LogP contribution < -0.4 is 14.5 Å². The molecule has 0 unspecified atom stereocenters. The van der Waals surface area contributed by atoms with Crippen LogP contribution in [0.25, 0.3) is 0 Å². The van der Waals surface area contributed by atoms with Crippen LogP contribution in [0, 0.1) is 6.92 Å². The molecule has 10 nitrogen and oxygen atoms in total. The normalized spacial score (nSPS) is 11.6. The second kappa shape index (κ2) is 7.31. The van der Waals surface area contributed by atoms with E-state index in [-0.39, 0.29) is 11.6 Å². The van der Waals surface area contributed by atoms with Crippen molar-refractivity contribution in [3.05, 3.63) is 17.8 Å². The summed E-state index contributed by atoms with van der Waals surface area (Å²) in [5.74, 6) is 1.89. The Labute approximate surface area is 148 Å². The van der Waals surface area contributed by atoms with Gasteiger partial charge in [-0.3, -0.25) is 0 Å². The molecule has 2 heterocycles. The van der Waals surface area contributed by atoms with E-state index in [2.05, 4.69) is 24.7 Å². The van der Waals surface area contributed by atoms with Crippen molar-refractivity contribution in [3.8, 4) is 0 Å². The zero-order valence-corrected chi connectivity index (χ0v) is 16.2. The summed E-state index contributed by atoms with van der Waals surface area (Å²) >= 11 is 0. The maximum atomic E-state index is 12.4. The van der Waals surface area contributed by atoms with Crippen molar-refractivity contribution in [2.24, 2.45) is 0 Å². The second-order valence-electron chi connectivity index (χ2n) is 5.88. The van der Waals surface area contributed by atoms with Crippen molar-refractivity contribution in [3.63, 3.8) is 0 Å². The maximum absolute atomic E-state index is 12.4. The first kappa shape index (κ1) is 19.1. The number of rotatable bonds is 7. The largest absolute Gasteiger partial charge is 0.347 e. The number of aryl methyl sites for hydroxylation is 2. The molecule has 25 heavy (non-hydrogen) atoms. The second-order valence-corrected chi connectivity index (χ2v) is 7.59. The van der Waals surface area contributed by atoms with Crippen molar-refractivity contribution < 1.29 is 8.42 Å². The van der Waals surface area contributed by atoms with Gasteiger partial charge in [-0.05, 0) is 13.8 Å². The van der Waals surface area contributed by atoms with E-state index in [1.807, 2.05) is 35.1 Å². The molecule has 0 aliphatic heterocycles. The Hall–Kier alpha value is -2.27. The third-order valence-electron chi connectivity index (χ3n) is 3.45. The summed E-state index contributed by atoms with van der Waals surface area (Å²) in [5, 5.41) is -0.0124. The van der Waals surface area contributed by atoms with Gasteiger partial charge in [0.2, 0.25) is 11.9 Å². The molecular formula is C14H24N8O2S. The maximum Gasteiger partial charge on any atom is 0.260 e. The van der Waals surface area contributed by atoms with Gasteiger partial charge in [-0.1, -0.05) is 0 Å². The molecule has 0 atom stereocenters. The van der Waals surface area contributed by atoms with Crippen LogP contribution in [-0.4, -0.2) is 61.1 Å². The average molecular weight is 368 g/mol. The first-order chi connectivity index (χ1) is 11.6. The Morgan fingerprint density at radius 3 is 2.04 bits per heavy atom. The molecule has 0 aliphatic carbocycles. The summed E-state index contributed by atoms with van der Waals surface area (Å²) < 4.78 is 29.2. The van der Waals surface area contributed by atoms with Crippen LogP contribution in [0.2, 0.25) is 0 Å². The molecule has 0 radical (unpaired) electrons.